The van der Waals surface area contributed by atoms with E-state index in [0.717, 1.165) is 19.5 Å². The lowest BCUT2D eigenvalue weighted by Crippen LogP contribution is -2.34. The Balaban J connectivity index is 2.70. The molecule has 1 N–H and O–H groups in total. The second-order valence-corrected chi connectivity index (χ2v) is 8.51. The average molecular weight is 316 g/mol. The SMILES string of the molecule is CCNCCCn1cc(S(=O)(=O)N(C)CC(C)(C)C)cn1. The van der Waals surface area contributed by atoms with E-state index < -0.39 is 10.0 Å². The van der Waals surface area contributed by atoms with Crippen LogP contribution in [0.2, 0.25) is 0 Å². The van der Waals surface area contributed by atoms with E-state index in [1.807, 2.05) is 20.8 Å². The Bertz CT molecular complexity index is 531. The molecule has 0 amide bonds. The predicted octanol–water partition coefficient (Wildman–Crippen LogP) is 1.55. The molecule has 0 unspecified atom stereocenters. The van der Waals surface area contributed by atoms with Gasteiger partial charge < -0.3 is 5.32 Å². The number of nitrogens with one attached hydrogen (secondary N) is 1. The van der Waals surface area contributed by atoms with E-state index in [4.69, 9.17) is 0 Å². The van der Waals surface area contributed by atoms with Crippen LogP contribution < -0.4 is 5.32 Å². The fraction of sp³-hybridized carbons (Fsp3) is 0.786. The van der Waals surface area contributed by atoms with Crippen LogP contribution in [0.5, 0.6) is 0 Å². The third-order valence-electron chi connectivity index (χ3n) is 3.01. The minimum Gasteiger partial charge on any atom is -0.317 e. The van der Waals surface area contributed by atoms with Gasteiger partial charge >= 0.3 is 0 Å². The summed E-state index contributed by atoms with van der Waals surface area (Å²) in [5.41, 5.74) is -0.0797. The molecule has 0 aromatic carbocycles. The summed E-state index contributed by atoms with van der Waals surface area (Å²) in [5, 5.41) is 7.37. The van der Waals surface area contributed by atoms with Gasteiger partial charge in [-0.25, -0.2) is 12.7 Å². The molecule has 0 spiro atoms. The zero-order valence-corrected chi connectivity index (χ0v) is 14.6. The molecule has 1 aromatic rings. The van der Waals surface area contributed by atoms with Crippen LogP contribution in [0.15, 0.2) is 17.3 Å². The summed E-state index contributed by atoms with van der Waals surface area (Å²) in [4.78, 5) is 0.262. The molecule has 1 aromatic heterocycles. The van der Waals surface area contributed by atoms with Crippen LogP contribution in [0.3, 0.4) is 0 Å². The number of aromatic nitrogens is 2. The van der Waals surface area contributed by atoms with Gasteiger partial charge in [-0.15, -0.1) is 0 Å². The van der Waals surface area contributed by atoms with Gasteiger partial charge in [0.25, 0.3) is 0 Å². The molecular weight excluding hydrogens is 288 g/mol. The summed E-state index contributed by atoms with van der Waals surface area (Å²) in [7, 11) is -1.84. The quantitative estimate of drug-likeness (QED) is 0.739. The molecule has 0 saturated carbocycles. The van der Waals surface area contributed by atoms with Crippen molar-refractivity contribution in [3.05, 3.63) is 12.4 Å². The van der Waals surface area contributed by atoms with E-state index >= 15 is 0 Å². The summed E-state index contributed by atoms with van der Waals surface area (Å²) >= 11 is 0. The molecule has 0 aliphatic heterocycles. The van der Waals surface area contributed by atoms with E-state index in [-0.39, 0.29) is 10.3 Å². The maximum absolute atomic E-state index is 12.5. The van der Waals surface area contributed by atoms with Gasteiger partial charge in [0.05, 0.1) is 6.20 Å². The maximum atomic E-state index is 12.5. The molecule has 0 atom stereocenters. The lowest BCUT2D eigenvalue weighted by atomic mass is 9.97. The van der Waals surface area contributed by atoms with Crippen molar-refractivity contribution in [3.8, 4) is 0 Å². The van der Waals surface area contributed by atoms with Gasteiger partial charge in [-0.05, 0) is 24.9 Å². The molecule has 0 radical (unpaired) electrons. The Hall–Kier alpha value is -0.920. The van der Waals surface area contributed by atoms with Gasteiger partial charge in [-0.1, -0.05) is 27.7 Å². The van der Waals surface area contributed by atoms with Crippen LogP contribution >= 0.6 is 0 Å². The highest BCUT2D eigenvalue weighted by molar-refractivity contribution is 7.89. The van der Waals surface area contributed by atoms with Gasteiger partial charge in [-0.2, -0.15) is 5.10 Å². The van der Waals surface area contributed by atoms with Crippen molar-refractivity contribution in [2.24, 2.45) is 5.41 Å². The monoisotopic (exact) mass is 316 g/mol. The first-order valence-electron chi connectivity index (χ1n) is 7.36. The van der Waals surface area contributed by atoms with E-state index in [1.54, 1.807) is 17.9 Å². The zero-order valence-electron chi connectivity index (χ0n) is 13.8. The van der Waals surface area contributed by atoms with Crippen LogP contribution in [-0.4, -0.2) is 49.2 Å². The smallest absolute Gasteiger partial charge is 0.245 e. The highest BCUT2D eigenvalue weighted by atomic mass is 32.2. The fourth-order valence-corrected chi connectivity index (χ4v) is 3.43. The maximum Gasteiger partial charge on any atom is 0.245 e. The summed E-state index contributed by atoms with van der Waals surface area (Å²) in [6.07, 6.45) is 3.97. The lowest BCUT2D eigenvalue weighted by Gasteiger charge is -2.25. The van der Waals surface area contributed by atoms with Crippen LogP contribution in [0.1, 0.15) is 34.1 Å². The van der Waals surface area contributed by atoms with Crippen molar-refractivity contribution in [2.75, 3.05) is 26.7 Å². The molecule has 0 fully saturated rings. The van der Waals surface area contributed by atoms with Crippen molar-refractivity contribution >= 4 is 10.0 Å². The zero-order chi connectivity index (χ0) is 16.1. The molecule has 1 heterocycles. The molecule has 21 heavy (non-hydrogen) atoms. The molecule has 0 aliphatic carbocycles. The standard InChI is InChI=1S/C14H28N4O2S/c1-6-15-8-7-9-18-11-13(10-16-18)21(19,20)17(5)12-14(2,3)4/h10-11,15H,6-9,12H2,1-5H3. The second-order valence-electron chi connectivity index (χ2n) is 6.47. The topological polar surface area (TPSA) is 67.2 Å². The number of rotatable bonds is 8. The van der Waals surface area contributed by atoms with Crippen LogP contribution in [-0.2, 0) is 16.6 Å². The molecule has 0 saturated heterocycles. The van der Waals surface area contributed by atoms with E-state index in [9.17, 15) is 8.42 Å². The fourth-order valence-electron chi connectivity index (χ4n) is 2.08. The molecule has 7 heteroatoms. The number of hydrogen-bond acceptors (Lipinski definition) is 4. The summed E-state index contributed by atoms with van der Waals surface area (Å²) in [6.45, 7) is 11.1. The summed E-state index contributed by atoms with van der Waals surface area (Å²) < 4.78 is 28.0. The Morgan fingerprint density at radius 3 is 2.62 bits per heavy atom. The second kappa shape index (κ2) is 7.38. The van der Waals surface area contributed by atoms with E-state index in [1.165, 1.54) is 10.5 Å². The Morgan fingerprint density at radius 2 is 2.05 bits per heavy atom. The molecule has 0 aliphatic rings. The van der Waals surface area contributed by atoms with Gasteiger partial charge in [0.2, 0.25) is 10.0 Å². The summed E-state index contributed by atoms with van der Waals surface area (Å²) in [6, 6.07) is 0. The van der Waals surface area contributed by atoms with E-state index in [0.29, 0.717) is 13.1 Å². The first kappa shape index (κ1) is 18.1. The minimum absolute atomic E-state index is 0.0797. The number of hydrogen-bond donors (Lipinski definition) is 1. The number of nitrogens with zero attached hydrogens (tertiary/aromatic N) is 3. The summed E-state index contributed by atoms with van der Waals surface area (Å²) in [5.74, 6) is 0. The number of aryl methyl sites for hydroxylation is 1. The lowest BCUT2D eigenvalue weighted by molar-refractivity contribution is 0.311. The van der Waals surface area contributed by atoms with E-state index in [2.05, 4.69) is 17.3 Å². The molecular formula is C14H28N4O2S. The molecule has 122 valence electrons. The van der Waals surface area contributed by atoms with Crippen molar-refractivity contribution in [1.82, 2.24) is 19.4 Å². The van der Waals surface area contributed by atoms with Crippen LogP contribution in [0.25, 0.3) is 0 Å². The number of sulfonamides is 1. The Kier molecular flexibility index (Phi) is 6.37. The third-order valence-corrected chi connectivity index (χ3v) is 4.76. The first-order chi connectivity index (χ1) is 9.66. The largest absolute Gasteiger partial charge is 0.317 e. The average Bonchev–Trinajstić information content (AvgIpc) is 2.82. The highest BCUT2D eigenvalue weighted by Gasteiger charge is 2.26. The molecule has 0 bridgehead atoms. The minimum atomic E-state index is -3.45. The Morgan fingerprint density at radius 1 is 1.38 bits per heavy atom. The van der Waals surface area contributed by atoms with Crippen molar-refractivity contribution in [2.45, 2.75) is 45.6 Å². The van der Waals surface area contributed by atoms with Crippen molar-refractivity contribution in [3.63, 3.8) is 0 Å². The predicted molar refractivity (Wildman–Crippen MR) is 84.7 cm³/mol. The van der Waals surface area contributed by atoms with Crippen molar-refractivity contribution in [1.29, 1.82) is 0 Å². The molecule has 1 rings (SSSR count). The van der Waals surface area contributed by atoms with Gasteiger partial charge in [-0.3, -0.25) is 4.68 Å². The van der Waals surface area contributed by atoms with Crippen LogP contribution in [0.4, 0.5) is 0 Å². The van der Waals surface area contributed by atoms with Crippen LogP contribution in [0, 0.1) is 5.41 Å². The molecule has 6 nitrogen and oxygen atoms in total. The van der Waals surface area contributed by atoms with Crippen molar-refractivity contribution < 1.29 is 8.42 Å². The van der Waals surface area contributed by atoms with Gasteiger partial charge in [0.1, 0.15) is 4.90 Å². The normalized spacial score (nSPS) is 13.0. The third kappa shape index (κ3) is 5.76. The Labute approximate surface area is 128 Å². The first-order valence-corrected chi connectivity index (χ1v) is 8.80. The van der Waals surface area contributed by atoms with Gasteiger partial charge in [0, 0.05) is 26.3 Å². The highest BCUT2D eigenvalue weighted by Crippen LogP contribution is 2.20. The van der Waals surface area contributed by atoms with Gasteiger partial charge in [0.15, 0.2) is 0 Å².